The van der Waals surface area contributed by atoms with Crippen molar-refractivity contribution < 1.29 is 14.3 Å². The van der Waals surface area contributed by atoms with Crippen LogP contribution in [0.4, 0.5) is 10.1 Å². The highest BCUT2D eigenvalue weighted by Gasteiger charge is 2.09. The number of carbonyl (C=O) groups is 1. The molecule has 0 saturated carbocycles. The smallest absolute Gasteiger partial charge is 0.337 e. The number of benzene rings is 2. The third-order valence-corrected chi connectivity index (χ3v) is 2.79. The first-order valence-electron chi connectivity index (χ1n) is 5.86. The summed E-state index contributed by atoms with van der Waals surface area (Å²) in [4.78, 5) is 11.0. The van der Waals surface area contributed by atoms with Gasteiger partial charge in [0.25, 0.3) is 0 Å². The average Bonchev–Trinajstić information content (AvgIpc) is 2.46. The summed E-state index contributed by atoms with van der Waals surface area (Å²) in [5, 5.41) is 20.8. The van der Waals surface area contributed by atoms with Gasteiger partial charge in [0.1, 0.15) is 11.9 Å². The Bertz CT molecular complexity index is 693. The van der Waals surface area contributed by atoms with Crippen molar-refractivity contribution in [3.8, 4) is 6.07 Å². The summed E-state index contributed by atoms with van der Waals surface area (Å²) in [6.07, 6.45) is 0. The number of nitriles is 1. The van der Waals surface area contributed by atoms with E-state index in [-0.39, 0.29) is 11.1 Å². The number of carboxylic acid groups (broad SMARTS) is 1. The minimum absolute atomic E-state index is 0.0316. The average molecular weight is 270 g/mol. The molecule has 0 amide bonds. The van der Waals surface area contributed by atoms with Crippen molar-refractivity contribution in [3.05, 3.63) is 65.0 Å². The summed E-state index contributed by atoms with van der Waals surface area (Å²) < 4.78 is 13.2. The molecule has 0 atom stereocenters. The number of nitrogens with zero attached hydrogens (tertiary/aromatic N) is 1. The van der Waals surface area contributed by atoms with Gasteiger partial charge in [0.05, 0.1) is 11.1 Å². The number of rotatable bonds is 4. The fourth-order valence-electron chi connectivity index (χ4n) is 1.79. The Hall–Kier alpha value is -2.87. The van der Waals surface area contributed by atoms with Crippen LogP contribution in [0.25, 0.3) is 0 Å². The first-order chi connectivity index (χ1) is 9.61. The molecule has 0 aliphatic rings. The highest BCUT2D eigenvalue weighted by Crippen LogP contribution is 2.17. The highest BCUT2D eigenvalue weighted by atomic mass is 19.1. The second-order valence-corrected chi connectivity index (χ2v) is 4.13. The summed E-state index contributed by atoms with van der Waals surface area (Å²) in [5.74, 6) is -1.59. The third-order valence-electron chi connectivity index (χ3n) is 2.79. The van der Waals surface area contributed by atoms with Crippen molar-refractivity contribution >= 4 is 11.7 Å². The van der Waals surface area contributed by atoms with Crippen molar-refractivity contribution in [2.24, 2.45) is 0 Å². The Kier molecular flexibility index (Phi) is 3.96. The highest BCUT2D eigenvalue weighted by molar-refractivity contribution is 5.94. The van der Waals surface area contributed by atoms with Gasteiger partial charge in [0.2, 0.25) is 0 Å². The first-order valence-corrected chi connectivity index (χ1v) is 5.86. The maximum Gasteiger partial charge on any atom is 0.337 e. The summed E-state index contributed by atoms with van der Waals surface area (Å²) in [7, 11) is 0. The van der Waals surface area contributed by atoms with Crippen LogP contribution in [0.15, 0.2) is 42.5 Å². The Morgan fingerprint density at radius 2 is 2.05 bits per heavy atom. The van der Waals surface area contributed by atoms with E-state index in [1.165, 1.54) is 18.2 Å². The van der Waals surface area contributed by atoms with Gasteiger partial charge in [-0.2, -0.15) is 5.26 Å². The normalized spacial score (nSPS) is 9.80. The van der Waals surface area contributed by atoms with Crippen molar-refractivity contribution in [1.29, 1.82) is 5.26 Å². The molecule has 0 spiro atoms. The van der Waals surface area contributed by atoms with Gasteiger partial charge in [-0.05, 0) is 29.8 Å². The monoisotopic (exact) mass is 270 g/mol. The molecule has 2 rings (SSSR count). The van der Waals surface area contributed by atoms with Crippen LogP contribution in [0.2, 0.25) is 0 Å². The van der Waals surface area contributed by atoms with Crippen molar-refractivity contribution in [3.63, 3.8) is 0 Å². The summed E-state index contributed by atoms with van der Waals surface area (Å²) in [5.41, 5.74) is 1.30. The number of hydrogen-bond acceptors (Lipinski definition) is 3. The second kappa shape index (κ2) is 5.85. The van der Waals surface area contributed by atoms with E-state index < -0.39 is 11.8 Å². The minimum Gasteiger partial charge on any atom is -0.478 e. The largest absolute Gasteiger partial charge is 0.478 e. The predicted octanol–water partition coefficient (Wildman–Crippen LogP) is 3.01. The molecule has 0 saturated heterocycles. The summed E-state index contributed by atoms with van der Waals surface area (Å²) >= 11 is 0. The zero-order valence-electron chi connectivity index (χ0n) is 10.4. The molecule has 2 N–H and O–H groups in total. The zero-order valence-corrected chi connectivity index (χ0v) is 10.4. The number of para-hydroxylation sites is 1. The summed E-state index contributed by atoms with van der Waals surface area (Å²) in [6, 6.07) is 12.5. The number of carboxylic acids is 1. The van der Waals surface area contributed by atoms with E-state index in [2.05, 4.69) is 5.32 Å². The molecule has 100 valence electrons. The van der Waals surface area contributed by atoms with E-state index in [1.54, 1.807) is 30.3 Å². The fraction of sp³-hybridized carbons (Fsp3) is 0.0667. The van der Waals surface area contributed by atoms with Gasteiger partial charge in [0.15, 0.2) is 0 Å². The molecule has 0 aliphatic heterocycles. The van der Waals surface area contributed by atoms with Gasteiger partial charge in [-0.25, -0.2) is 9.18 Å². The minimum atomic E-state index is -1.02. The molecule has 2 aromatic carbocycles. The number of aromatic carboxylic acids is 1. The molecule has 5 heteroatoms. The standard InChI is InChI=1S/C15H11FN2O2/c16-13-6-5-10(7-11(13)8-17)9-18-14-4-2-1-3-12(14)15(19)20/h1-7,18H,9H2,(H,19,20). The van der Waals surface area contributed by atoms with E-state index >= 15 is 0 Å². The quantitative estimate of drug-likeness (QED) is 0.895. The van der Waals surface area contributed by atoms with Crippen LogP contribution in [-0.4, -0.2) is 11.1 Å². The van der Waals surface area contributed by atoms with Crippen LogP contribution < -0.4 is 5.32 Å². The number of anilines is 1. The Labute approximate surface area is 115 Å². The Morgan fingerprint density at radius 1 is 1.30 bits per heavy atom. The van der Waals surface area contributed by atoms with E-state index in [9.17, 15) is 9.18 Å². The molecular weight excluding hydrogens is 259 g/mol. The van der Waals surface area contributed by atoms with Crippen molar-refractivity contribution in [2.45, 2.75) is 6.54 Å². The molecule has 0 radical (unpaired) electrons. The van der Waals surface area contributed by atoms with Crippen LogP contribution in [0.5, 0.6) is 0 Å². The fourth-order valence-corrected chi connectivity index (χ4v) is 1.79. The van der Waals surface area contributed by atoms with E-state index in [0.29, 0.717) is 17.8 Å². The molecule has 0 aromatic heterocycles. The van der Waals surface area contributed by atoms with Crippen molar-refractivity contribution in [1.82, 2.24) is 0 Å². The number of halogens is 1. The van der Waals surface area contributed by atoms with Crippen LogP contribution >= 0.6 is 0 Å². The lowest BCUT2D eigenvalue weighted by atomic mass is 10.1. The first kappa shape index (κ1) is 13.6. The van der Waals surface area contributed by atoms with Crippen molar-refractivity contribution in [2.75, 3.05) is 5.32 Å². The van der Waals surface area contributed by atoms with Gasteiger partial charge in [-0.3, -0.25) is 0 Å². The van der Waals surface area contributed by atoms with E-state index in [1.807, 2.05) is 0 Å². The maximum absolute atomic E-state index is 13.2. The third kappa shape index (κ3) is 2.93. The molecule has 0 fully saturated rings. The molecule has 20 heavy (non-hydrogen) atoms. The summed E-state index contributed by atoms with van der Waals surface area (Å²) in [6.45, 7) is 0.305. The molecular formula is C15H11FN2O2. The SMILES string of the molecule is N#Cc1cc(CNc2ccccc2C(=O)O)ccc1F. The number of nitrogens with one attached hydrogen (secondary N) is 1. The van der Waals surface area contributed by atoms with Crippen LogP contribution in [-0.2, 0) is 6.54 Å². The topological polar surface area (TPSA) is 73.1 Å². The zero-order chi connectivity index (χ0) is 14.5. The Morgan fingerprint density at radius 3 is 2.75 bits per heavy atom. The Balaban J connectivity index is 2.17. The lowest BCUT2D eigenvalue weighted by Gasteiger charge is -2.09. The lowest BCUT2D eigenvalue weighted by molar-refractivity contribution is 0.0698. The van der Waals surface area contributed by atoms with Crippen LogP contribution in [0.1, 0.15) is 21.5 Å². The molecule has 4 nitrogen and oxygen atoms in total. The van der Waals surface area contributed by atoms with E-state index in [0.717, 1.165) is 0 Å². The molecule has 0 unspecified atom stereocenters. The van der Waals surface area contributed by atoms with Gasteiger partial charge < -0.3 is 10.4 Å². The lowest BCUT2D eigenvalue weighted by Crippen LogP contribution is -2.06. The van der Waals surface area contributed by atoms with Gasteiger partial charge >= 0.3 is 5.97 Å². The van der Waals surface area contributed by atoms with Gasteiger partial charge in [0, 0.05) is 12.2 Å². The van der Waals surface area contributed by atoms with Crippen LogP contribution in [0.3, 0.4) is 0 Å². The molecule has 0 aliphatic carbocycles. The predicted molar refractivity (Wildman–Crippen MR) is 71.8 cm³/mol. The van der Waals surface area contributed by atoms with Crippen LogP contribution in [0, 0.1) is 17.1 Å². The van der Waals surface area contributed by atoms with E-state index in [4.69, 9.17) is 10.4 Å². The number of hydrogen-bond donors (Lipinski definition) is 2. The van der Waals surface area contributed by atoms with Gasteiger partial charge in [-0.15, -0.1) is 0 Å². The molecule has 0 bridgehead atoms. The van der Waals surface area contributed by atoms with Gasteiger partial charge in [-0.1, -0.05) is 18.2 Å². The maximum atomic E-state index is 13.2. The molecule has 2 aromatic rings. The second-order valence-electron chi connectivity index (χ2n) is 4.13. The molecule has 0 heterocycles.